The number of hydrogen-bond acceptors (Lipinski definition) is 5. The van der Waals surface area contributed by atoms with E-state index in [-0.39, 0.29) is 10.6 Å². The van der Waals surface area contributed by atoms with E-state index in [2.05, 4.69) is 17.2 Å². The van der Waals surface area contributed by atoms with Crippen LogP contribution in [-0.4, -0.2) is 16.5 Å². The lowest BCUT2D eigenvalue weighted by Gasteiger charge is -2.11. The van der Waals surface area contributed by atoms with Gasteiger partial charge in [0.25, 0.3) is 5.69 Å². The molecule has 0 fully saturated rings. The number of nitro groups is 1. The van der Waals surface area contributed by atoms with E-state index in [1.54, 1.807) is 36.6 Å². The maximum atomic E-state index is 10.7. The summed E-state index contributed by atoms with van der Waals surface area (Å²) in [7, 11) is 0. The van der Waals surface area contributed by atoms with Crippen molar-refractivity contribution in [2.45, 2.75) is 19.8 Å². The fourth-order valence-corrected chi connectivity index (χ4v) is 2.50. The van der Waals surface area contributed by atoms with Crippen molar-refractivity contribution < 1.29 is 4.92 Å². The third-order valence-corrected chi connectivity index (χ3v) is 3.89. The van der Waals surface area contributed by atoms with Crippen molar-refractivity contribution >= 4 is 22.7 Å². The molecule has 19 heavy (non-hydrogen) atoms. The monoisotopic (exact) mass is 277 g/mol. The minimum atomic E-state index is -0.364. The minimum absolute atomic E-state index is 0.151. The fraction of sp³-hybridized carbons (Fsp3) is 0.308. The van der Waals surface area contributed by atoms with Gasteiger partial charge in [-0.3, -0.25) is 10.1 Å². The lowest BCUT2D eigenvalue weighted by Crippen LogP contribution is -2.09. The van der Waals surface area contributed by atoms with Crippen molar-refractivity contribution in [3.8, 4) is 0 Å². The topological polar surface area (TPSA) is 68.1 Å². The molecule has 1 aromatic heterocycles. The van der Waals surface area contributed by atoms with E-state index in [0.29, 0.717) is 11.5 Å². The van der Waals surface area contributed by atoms with E-state index >= 15 is 0 Å². The van der Waals surface area contributed by atoms with Gasteiger partial charge in [-0.1, -0.05) is 6.92 Å². The summed E-state index contributed by atoms with van der Waals surface area (Å²) in [6.45, 7) is 4.60. The maximum Gasteiger partial charge on any atom is 0.272 e. The Morgan fingerprint density at radius 2 is 2.32 bits per heavy atom. The summed E-state index contributed by atoms with van der Waals surface area (Å²) in [5.41, 5.74) is 1.71. The van der Waals surface area contributed by atoms with Gasteiger partial charge in [0.15, 0.2) is 0 Å². The molecule has 100 valence electrons. The predicted octanol–water partition coefficient (Wildman–Crippen LogP) is 3.58. The Morgan fingerprint density at radius 1 is 1.53 bits per heavy atom. The summed E-state index contributed by atoms with van der Waals surface area (Å²) in [5, 5.41) is 17.1. The van der Waals surface area contributed by atoms with Gasteiger partial charge in [0, 0.05) is 41.4 Å². The molecule has 0 saturated heterocycles. The Morgan fingerprint density at radius 3 is 2.89 bits per heavy atom. The Bertz CT molecular complexity index is 569. The summed E-state index contributed by atoms with van der Waals surface area (Å²) in [6, 6.07) is 5.07. The summed E-state index contributed by atoms with van der Waals surface area (Å²) in [5.74, 6) is 0.315. The Labute approximate surface area is 115 Å². The second-order valence-corrected chi connectivity index (χ2v) is 5.34. The summed E-state index contributed by atoms with van der Waals surface area (Å²) in [4.78, 5) is 14.6. The molecule has 6 heteroatoms. The molecule has 0 saturated carbocycles. The summed E-state index contributed by atoms with van der Waals surface area (Å²) >= 11 is 1.64. The van der Waals surface area contributed by atoms with Crippen molar-refractivity contribution in [2.24, 2.45) is 0 Å². The van der Waals surface area contributed by atoms with Crippen LogP contribution in [0.4, 0.5) is 11.4 Å². The van der Waals surface area contributed by atoms with Crippen LogP contribution >= 0.6 is 11.3 Å². The van der Waals surface area contributed by atoms with Gasteiger partial charge in [0.05, 0.1) is 9.93 Å². The maximum absolute atomic E-state index is 10.7. The van der Waals surface area contributed by atoms with Crippen LogP contribution in [0.15, 0.2) is 29.8 Å². The Kier molecular flexibility index (Phi) is 4.11. The number of rotatable bonds is 5. The highest BCUT2D eigenvalue weighted by atomic mass is 32.1. The zero-order chi connectivity index (χ0) is 13.8. The highest BCUT2D eigenvalue weighted by Gasteiger charge is 2.11. The molecule has 2 aromatic rings. The molecular formula is C13H15N3O2S. The van der Waals surface area contributed by atoms with Crippen LogP contribution < -0.4 is 5.32 Å². The van der Waals surface area contributed by atoms with Gasteiger partial charge in [0.1, 0.15) is 0 Å². The largest absolute Gasteiger partial charge is 0.384 e. The van der Waals surface area contributed by atoms with Crippen molar-refractivity contribution in [2.75, 3.05) is 11.9 Å². The second-order valence-electron chi connectivity index (χ2n) is 4.41. The first kappa shape index (κ1) is 13.5. The first-order valence-corrected chi connectivity index (χ1v) is 6.84. The number of anilines is 1. The number of aryl methyl sites for hydroxylation is 1. The summed E-state index contributed by atoms with van der Waals surface area (Å²) in [6.07, 6.45) is 1.80. The minimum Gasteiger partial charge on any atom is -0.384 e. The fourth-order valence-electron chi connectivity index (χ4n) is 1.81. The first-order valence-electron chi connectivity index (χ1n) is 5.96. The van der Waals surface area contributed by atoms with Crippen molar-refractivity contribution in [3.05, 3.63) is 50.5 Å². The standard InChI is InChI=1S/C13H15N3O2S/c1-9-7-11(3-4-12(9)16(17)18)15-8-10(2)13-14-5-6-19-13/h3-7,10,15H,8H2,1-2H3. The van der Waals surface area contributed by atoms with Crippen molar-refractivity contribution in [1.29, 1.82) is 0 Å². The van der Waals surface area contributed by atoms with E-state index in [9.17, 15) is 10.1 Å². The smallest absolute Gasteiger partial charge is 0.272 e. The molecule has 1 N–H and O–H groups in total. The van der Waals surface area contributed by atoms with Gasteiger partial charge in [-0.2, -0.15) is 0 Å². The van der Waals surface area contributed by atoms with Gasteiger partial charge < -0.3 is 5.32 Å². The molecule has 1 heterocycles. The molecule has 0 aliphatic carbocycles. The highest BCUT2D eigenvalue weighted by molar-refractivity contribution is 7.09. The van der Waals surface area contributed by atoms with Crippen molar-refractivity contribution in [1.82, 2.24) is 4.98 Å². The SMILES string of the molecule is Cc1cc(NCC(C)c2nccs2)ccc1[N+](=O)[O-]. The van der Waals surface area contributed by atoms with E-state index in [1.165, 1.54) is 6.07 Å². The third kappa shape index (κ3) is 3.29. The lowest BCUT2D eigenvalue weighted by molar-refractivity contribution is -0.385. The molecule has 0 bridgehead atoms. The van der Waals surface area contributed by atoms with Crippen LogP contribution in [-0.2, 0) is 0 Å². The molecule has 0 spiro atoms. The van der Waals surface area contributed by atoms with Crippen LogP contribution in [0.1, 0.15) is 23.4 Å². The number of nitrogens with zero attached hydrogens (tertiary/aromatic N) is 2. The summed E-state index contributed by atoms with van der Waals surface area (Å²) < 4.78 is 0. The molecule has 0 amide bonds. The zero-order valence-corrected chi connectivity index (χ0v) is 11.6. The van der Waals surface area contributed by atoms with Gasteiger partial charge in [0.2, 0.25) is 0 Å². The molecule has 5 nitrogen and oxygen atoms in total. The zero-order valence-electron chi connectivity index (χ0n) is 10.8. The highest BCUT2D eigenvalue weighted by Crippen LogP contribution is 2.23. The van der Waals surface area contributed by atoms with E-state index in [1.807, 2.05) is 5.38 Å². The molecular weight excluding hydrogens is 262 g/mol. The number of aromatic nitrogens is 1. The molecule has 0 radical (unpaired) electrons. The van der Waals surface area contributed by atoms with E-state index in [4.69, 9.17) is 0 Å². The number of hydrogen-bond donors (Lipinski definition) is 1. The number of benzene rings is 1. The average molecular weight is 277 g/mol. The first-order chi connectivity index (χ1) is 9.08. The molecule has 1 unspecified atom stereocenters. The second kappa shape index (κ2) is 5.79. The van der Waals surface area contributed by atoms with Crippen LogP contribution in [0, 0.1) is 17.0 Å². The molecule has 1 aromatic carbocycles. The predicted molar refractivity (Wildman–Crippen MR) is 76.9 cm³/mol. The van der Waals surface area contributed by atoms with Crippen LogP contribution in [0.5, 0.6) is 0 Å². The van der Waals surface area contributed by atoms with Crippen LogP contribution in [0.2, 0.25) is 0 Å². The Balaban J connectivity index is 2.00. The van der Waals surface area contributed by atoms with Crippen LogP contribution in [0.3, 0.4) is 0 Å². The average Bonchev–Trinajstić information content (AvgIpc) is 2.89. The van der Waals surface area contributed by atoms with Gasteiger partial charge in [-0.15, -0.1) is 11.3 Å². The third-order valence-electron chi connectivity index (χ3n) is 2.88. The van der Waals surface area contributed by atoms with Gasteiger partial charge in [-0.25, -0.2) is 4.98 Å². The van der Waals surface area contributed by atoms with Crippen LogP contribution in [0.25, 0.3) is 0 Å². The quantitative estimate of drug-likeness (QED) is 0.670. The number of thiazole rings is 1. The lowest BCUT2D eigenvalue weighted by atomic mass is 10.1. The van der Waals surface area contributed by atoms with Gasteiger partial charge in [-0.05, 0) is 19.1 Å². The van der Waals surface area contributed by atoms with Crippen molar-refractivity contribution in [3.63, 3.8) is 0 Å². The molecule has 1 atom stereocenters. The molecule has 0 aliphatic heterocycles. The number of nitro benzene ring substituents is 1. The van der Waals surface area contributed by atoms with Gasteiger partial charge >= 0.3 is 0 Å². The van der Waals surface area contributed by atoms with E-state index < -0.39 is 0 Å². The Hall–Kier alpha value is -1.95. The normalized spacial score (nSPS) is 12.1. The molecule has 0 aliphatic rings. The molecule has 2 rings (SSSR count). The van der Waals surface area contributed by atoms with E-state index in [0.717, 1.165) is 17.2 Å². The number of nitrogens with one attached hydrogen (secondary N) is 1.